The predicted molar refractivity (Wildman–Crippen MR) is 60.6 cm³/mol. The summed E-state index contributed by atoms with van der Waals surface area (Å²) in [7, 11) is 0. The van der Waals surface area contributed by atoms with Gasteiger partial charge in [0.25, 0.3) is 0 Å². The van der Waals surface area contributed by atoms with Crippen LogP contribution in [0.15, 0.2) is 29.6 Å². The van der Waals surface area contributed by atoms with Crippen molar-refractivity contribution in [3.63, 3.8) is 0 Å². The number of nitrogens with zero attached hydrogens (tertiary/aromatic N) is 1. The van der Waals surface area contributed by atoms with Crippen LogP contribution in [-0.4, -0.2) is 4.98 Å². The van der Waals surface area contributed by atoms with Crippen molar-refractivity contribution in [3.05, 3.63) is 46.2 Å². The highest BCUT2D eigenvalue weighted by Gasteiger charge is 1.98. The molecule has 15 heavy (non-hydrogen) atoms. The largest absolute Gasteiger partial charge is 0.379 e. The molecule has 0 spiro atoms. The quantitative estimate of drug-likeness (QED) is 0.862. The van der Waals surface area contributed by atoms with Crippen molar-refractivity contribution in [2.75, 3.05) is 5.32 Å². The van der Waals surface area contributed by atoms with Gasteiger partial charge in [0.2, 0.25) is 0 Å². The zero-order valence-corrected chi connectivity index (χ0v) is 9.14. The van der Waals surface area contributed by atoms with Crippen LogP contribution < -0.4 is 5.32 Å². The Morgan fingerprint density at radius 1 is 1.47 bits per heavy atom. The number of aromatic nitrogens is 1. The first-order valence-corrected chi connectivity index (χ1v) is 5.52. The van der Waals surface area contributed by atoms with Gasteiger partial charge in [0.15, 0.2) is 0 Å². The maximum Gasteiger partial charge on any atom is 0.125 e. The van der Waals surface area contributed by atoms with Gasteiger partial charge in [0.1, 0.15) is 5.82 Å². The second-order valence-corrected chi connectivity index (χ2v) is 4.28. The minimum atomic E-state index is -0.227. The lowest BCUT2D eigenvalue weighted by atomic mass is 10.3. The number of benzene rings is 1. The van der Waals surface area contributed by atoms with Crippen LogP contribution in [0.5, 0.6) is 0 Å². The molecule has 0 radical (unpaired) electrons. The SMILES string of the molecule is Cc1nc(CNc2cccc(F)c2)cs1. The maximum atomic E-state index is 12.8. The van der Waals surface area contributed by atoms with Gasteiger partial charge in [-0.05, 0) is 25.1 Å². The van der Waals surface area contributed by atoms with Gasteiger partial charge in [-0.2, -0.15) is 0 Å². The summed E-state index contributed by atoms with van der Waals surface area (Å²) in [5.41, 5.74) is 1.77. The van der Waals surface area contributed by atoms with Gasteiger partial charge in [0.05, 0.1) is 17.2 Å². The summed E-state index contributed by atoms with van der Waals surface area (Å²) in [6.45, 7) is 2.60. The molecule has 1 aromatic heterocycles. The summed E-state index contributed by atoms with van der Waals surface area (Å²) in [6, 6.07) is 6.42. The van der Waals surface area contributed by atoms with E-state index in [0.717, 1.165) is 16.4 Å². The molecule has 0 fully saturated rings. The number of hydrogen-bond acceptors (Lipinski definition) is 3. The second-order valence-electron chi connectivity index (χ2n) is 3.22. The van der Waals surface area contributed by atoms with Gasteiger partial charge >= 0.3 is 0 Å². The van der Waals surface area contributed by atoms with Gasteiger partial charge < -0.3 is 5.32 Å². The van der Waals surface area contributed by atoms with E-state index in [9.17, 15) is 4.39 Å². The molecule has 2 nitrogen and oxygen atoms in total. The van der Waals surface area contributed by atoms with E-state index >= 15 is 0 Å². The molecule has 0 saturated carbocycles. The third-order valence-electron chi connectivity index (χ3n) is 1.96. The number of rotatable bonds is 3. The van der Waals surface area contributed by atoms with Crippen molar-refractivity contribution in [2.24, 2.45) is 0 Å². The molecule has 78 valence electrons. The average molecular weight is 222 g/mol. The lowest BCUT2D eigenvalue weighted by molar-refractivity contribution is 0.628. The zero-order valence-electron chi connectivity index (χ0n) is 8.33. The first-order chi connectivity index (χ1) is 7.24. The third kappa shape index (κ3) is 2.76. The molecule has 4 heteroatoms. The molecule has 0 aliphatic heterocycles. The summed E-state index contributed by atoms with van der Waals surface area (Å²) in [5.74, 6) is -0.227. The molecule has 0 bridgehead atoms. The highest BCUT2D eigenvalue weighted by Crippen LogP contribution is 2.12. The Morgan fingerprint density at radius 2 is 2.33 bits per heavy atom. The van der Waals surface area contributed by atoms with Crippen LogP contribution in [0.25, 0.3) is 0 Å². The molecular formula is C11H11FN2S. The fraction of sp³-hybridized carbons (Fsp3) is 0.182. The Bertz CT molecular complexity index is 453. The first-order valence-electron chi connectivity index (χ1n) is 4.64. The monoisotopic (exact) mass is 222 g/mol. The normalized spacial score (nSPS) is 10.3. The van der Waals surface area contributed by atoms with E-state index in [1.54, 1.807) is 17.4 Å². The standard InChI is InChI=1S/C11H11FN2S/c1-8-14-11(7-15-8)6-13-10-4-2-3-9(12)5-10/h2-5,7,13H,6H2,1H3. The predicted octanol–water partition coefficient (Wildman–Crippen LogP) is 3.20. The lowest BCUT2D eigenvalue weighted by Gasteiger charge is -2.03. The molecule has 1 N–H and O–H groups in total. The summed E-state index contributed by atoms with van der Waals surface area (Å²) in [4.78, 5) is 4.31. The molecule has 1 heterocycles. The van der Waals surface area contributed by atoms with Crippen LogP contribution in [-0.2, 0) is 6.54 Å². The topological polar surface area (TPSA) is 24.9 Å². The summed E-state index contributed by atoms with van der Waals surface area (Å²) in [5, 5.41) is 6.17. The molecule has 0 amide bonds. The highest BCUT2D eigenvalue weighted by molar-refractivity contribution is 7.09. The Labute approximate surface area is 91.8 Å². The molecule has 0 aliphatic rings. The Kier molecular flexibility index (Phi) is 2.97. The van der Waals surface area contributed by atoms with Crippen LogP contribution in [0.3, 0.4) is 0 Å². The number of anilines is 1. The van der Waals surface area contributed by atoms with Crippen molar-refractivity contribution in [1.82, 2.24) is 4.98 Å². The van der Waals surface area contributed by atoms with Crippen LogP contribution in [0, 0.1) is 12.7 Å². The van der Waals surface area contributed by atoms with Gasteiger partial charge in [0, 0.05) is 11.1 Å². The third-order valence-corrected chi connectivity index (χ3v) is 2.79. The summed E-state index contributed by atoms with van der Waals surface area (Å²) in [6.07, 6.45) is 0. The van der Waals surface area contributed by atoms with Crippen molar-refractivity contribution < 1.29 is 4.39 Å². The number of hydrogen-bond donors (Lipinski definition) is 1. The lowest BCUT2D eigenvalue weighted by Crippen LogP contribution is -1.99. The van der Waals surface area contributed by atoms with Crippen LogP contribution >= 0.6 is 11.3 Å². The Balaban J connectivity index is 1.99. The van der Waals surface area contributed by atoms with E-state index in [1.165, 1.54) is 12.1 Å². The molecule has 0 saturated heterocycles. The van der Waals surface area contributed by atoms with E-state index in [2.05, 4.69) is 10.3 Å². The van der Waals surface area contributed by atoms with Gasteiger partial charge in [-0.25, -0.2) is 9.37 Å². The fourth-order valence-corrected chi connectivity index (χ4v) is 1.89. The second kappa shape index (κ2) is 4.40. The van der Waals surface area contributed by atoms with Gasteiger partial charge in [-0.1, -0.05) is 6.07 Å². The van der Waals surface area contributed by atoms with Gasteiger partial charge in [-0.3, -0.25) is 0 Å². The van der Waals surface area contributed by atoms with Crippen molar-refractivity contribution in [3.8, 4) is 0 Å². The van der Waals surface area contributed by atoms with Crippen LogP contribution in [0.4, 0.5) is 10.1 Å². The highest BCUT2D eigenvalue weighted by atomic mass is 32.1. The Hall–Kier alpha value is -1.42. The fourth-order valence-electron chi connectivity index (χ4n) is 1.28. The zero-order chi connectivity index (χ0) is 10.7. The van der Waals surface area contributed by atoms with E-state index < -0.39 is 0 Å². The van der Waals surface area contributed by atoms with Crippen molar-refractivity contribution >= 4 is 17.0 Å². The number of thiazole rings is 1. The molecule has 2 aromatic rings. The molecule has 1 aromatic carbocycles. The number of nitrogens with one attached hydrogen (secondary N) is 1. The molecule has 0 unspecified atom stereocenters. The smallest absolute Gasteiger partial charge is 0.125 e. The van der Waals surface area contributed by atoms with E-state index in [4.69, 9.17) is 0 Å². The molecule has 0 aliphatic carbocycles. The summed E-state index contributed by atoms with van der Waals surface area (Å²) >= 11 is 1.62. The average Bonchev–Trinajstić information content (AvgIpc) is 2.62. The summed E-state index contributed by atoms with van der Waals surface area (Å²) < 4.78 is 12.8. The van der Waals surface area contributed by atoms with Gasteiger partial charge in [-0.15, -0.1) is 11.3 Å². The van der Waals surface area contributed by atoms with Crippen LogP contribution in [0.2, 0.25) is 0 Å². The molecular weight excluding hydrogens is 211 g/mol. The number of halogens is 1. The minimum Gasteiger partial charge on any atom is -0.379 e. The van der Waals surface area contributed by atoms with E-state index in [-0.39, 0.29) is 5.82 Å². The van der Waals surface area contributed by atoms with E-state index in [0.29, 0.717) is 6.54 Å². The minimum absolute atomic E-state index is 0.227. The van der Waals surface area contributed by atoms with Crippen molar-refractivity contribution in [1.29, 1.82) is 0 Å². The van der Waals surface area contributed by atoms with Crippen LogP contribution in [0.1, 0.15) is 10.7 Å². The van der Waals surface area contributed by atoms with Crippen molar-refractivity contribution in [2.45, 2.75) is 13.5 Å². The maximum absolute atomic E-state index is 12.8. The van der Waals surface area contributed by atoms with E-state index in [1.807, 2.05) is 18.4 Å². The Morgan fingerprint density at radius 3 is 3.00 bits per heavy atom. The number of aryl methyl sites for hydroxylation is 1. The first kappa shape index (κ1) is 10.1. The molecule has 2 rings (SSSR count). The molecule has 0 atom stereocenters.